The molecule has 0 amide bonds. The third kappa shape index (κ3) is 3.73. The lowest BCUT2D eigenvalue weighted by molar-refractivity contribution is 0.419. The lowest BCUT2D eigenvalue weighted by Crippen LogP contribution is -1.92. The SMILES string of the molecule is Cc1ccc(O)c(-c2nc(CSCC(C)C)no2)c1. The van der Waals surface area contributed by atoms with E-state index in [2.05, 4.69) is 24.0 Å². The van der Waals surface area contributed by atoms with E-state index in [0.29, 0.717) is 23.2 Å². The molecule has 0 unspecified atom stereocenters. The number of aromatic hydroxyl groups is 1. The monoisotopic (exact) mass is 278 g/mol. The molecule has 5 heteroatoms. The molecule has 2 rings (SSSR count). The van der Waals surface area contributed by atoms with Crippen LogP contribution in [0.3, 0.4) is 0 Å². The quantitative estimate of drug-likeness (QED) is 0.904. The third-order valence-electron chi connectivity index (χ3n) is 2.53. The number of aromatic nitrogens is 2. The van der Waals surface area contributed by atoms with Crippen molar-refractivity contribution in [1.82, 2.24) is 10.1 Å². The van der Waals surface area contributed by atoms with E-state index in [-0.39, 0.29) is 5.75 Å². The molecule has 0 aliphatic heterocycles. The van der Waals surface area contributed by atoms with Gasteiger partial charge in [0.25, 0.3) is 5.89 Å². The van der Waals surface area contributed by atoms with Crippen molar-refractivity contribution in [2.24, 2.45) is 5.92 Å². The molecule has 19 heavy (non-hydrogen) atoms. The number of phenolic OH excluding ortho intramolecular Hbond substituents is 1. The first-order valence-electron chi connectivity index (χ1n) is 6.26. The number of rotatable bonds is 5. The van der Waals surface area contributed by atoms with E-state index in [0.717, 1.165) is 17.1 Å². The van der Waals surface area contributed by atoms with Crippen molar-refractivity contribution >= 4 is 11.8 Å². The smallest absolute Gasteiger partial charge is 0.261 e. The van der Waals surface area contributed by atoms with Crippen molar-refractivity contribution in [3.8, 4) is 17.2 Å². The predicted molar refractivity (Wildman–Crippen MR) is 77.1 cm³/mol. The van der Waals surface area contributed by atoms with Gasteiger partial charge in [-0.25, -0.2) is 0 Å². The maximum atomic E-state index is 9.81. The van der Waals surface area contributed by atoms with Gasteiger partial charge in [0.1, 0.15) is 5.75 Å². The van der Waals surface area contributed by atoms with Crippen LogP contribution in [0.15, 0.2) is 22.7 Å². The van der Waals surface area contributed by atoms with Gasteiger partial charge in [0.2, 0.25) is 0 Å². The molecule has 0 atom stereocenters. The van der Waals surface area contributed by atoms with Crippen molar-refractivity contribution in [2.75, 3.05) is 5.75 Å². The van der Waals surface area contributed by atoms with E-state index in [1.54, 1.807) is 17.8 Å². The Bertz CT molecular complexity index is 552. The molecule has 1 heterocycles. The number of hydrogen-bond donors (Lipinski definition) is 1. The fourth-order valence-corrected chi connectivity index (χ4v) is 2.52. The Hall–Kier alpha value is -1.49. The summed E-state index contributed by atoms with van der Waals surface area (Å²) in [6.07, 6.45) is 0. The predicted octanol–water partition coefficient (Wildman–Crippen LogP) is 3.64. The Kier molecular flexibility index (Phi) is 4.47. The second-order valence-corrected chi connectivity index (χ2v) is 5.98. The summed E-state index contributed by atoms with van der Waals surface area (Å²) in [5.41, 5.74) is 1.63. The first kappa shape index (κ1) is 13.9. The first-order valence-corrected chi connectivity index (χ1v) is 7.42. The van der Waals surface area contributed by atoms with Gasteiger partial charge in [0.15, 0.2) is 5.82 Å². The Balaban J connectivity index is 2.10. The molecule has 0 aliphatic carbocycles. The Morgan fingerprint density at radius 3 is 2.89 bits per heavy atom. The highest BCUT2D eigenvalue weighted by Crippen LogP contribution is 2.29. The zero-order valence-corrected chi connectivity index (χ0v) is 12.2. The van der Waals surface area contributed by atoms with Gasteiger partial charge in [-0.3, -0.25) is 0 Å². The molecule has 1 aromatic carbocycles. The summed E-state index contributed by atoms with van der Waals surface area (Å²) in [4.78, 5) is 4.32. The van der Waals surface area contributed by atoms with E-state index in [9.17, 15) is 5.11 Å². The molecule has 0 spiro atoms. The molecular formula is C14H18N2O2S. The fraction of sp³-hybridized carbons (Fsp3) is 0.429. The molecule has 4 nitrogen and oxygen atoms in total. The highest BCUT2D eigenvalue weighted by Gasteiger charge is 2.13. The van der Waals surface area contributed by atoms with Crippen molar-refractivity contribution in [2.45, 2.75) is 26.5 Å². The van der Waals surface area contributed by atoms with Gasteiger partial charge in [-0.1, -0.05) is 30.6 Å². The van der Waals surface area contributed by atoms with Gasteiger partial charge in [-0.15, -0.1) is 0 Å². The van der Waals surface area contributed by atoms with E-state index < -0.39 is 0 Å². The molecule has 0 radical (unpaired) electrons. The van der Waals surface area contributed by atoms with Crippen LogP contribution in [0.4, 0.5) is 0 Å². The molecule has 0 bridgehead atoms. The van der Waals surface area contributed by atoms with Crippen LogP contribution in [0.5, 0.6) is 5.75 Å². The molecular weight excluding hydrogens is 260 g/mol. The third-order valence-corrected chi connectivity index (χ3v) is 3.90. The summed E-state index contributed by atoms with van der Waals surface area (Å²) in [6.45, 7) is 6.32. The fourth-order valence-electron chi connectivity index (χ4n) is 1.63. The molecule has 0 fully saturated rings. The number of nitrogens with zero attached hydrogens (tertiary/aromatic N) is 2. The van der Waals surface area contributed by atoms with Crippen LogP contribution in [0.25, 0.3) is 11.5 Å². The largest absolute Gasteiger partial charge is 0.507 e. The van der Waals surface area contributed by atoms with Gasteiger partial charge < -0.3 is 9.63 Å². The summed E-state index contributed by atoms with van der Waals surface area (Å²) in [7, 11) is 0. The maximum absolute atomic E-state index is 9.81. The van der Waals surface area contributed by atoms with Crippen LogP contribution in [-0.2, 0) is 5.75 Å². The highest BCUT2D eigenvalue weighted by molar-refractivity contribution is 7.98. The molecule has 0 aliphatic rings. The van der Waals surface area contributed by atoms with Crippen molar-refractivity contribution in [1.29, 1.82) is 0 Å². The van der Waals surface area contributed by atoms with Crippen LogP contribution >= 0.6 is 11.8 Å². The number of benzene rings is 1. The van der Waals surface area contributed by atoms with Gasteiger partial charge in [-0.2, -0.15) is 16.7 Å². The van der Waals surface area contributed by atoms with Crippen molar-refractivity contribution in [3.05, 3.63) is 29.6 Å². The number of phenols is 1. The second-order valence-electron chi connectivity index (χ2n) is 4.95. The summed E-state index contributed by atoms with van der Waals surface area (Å²) in [5.74, 6) is 3.66. The topological polar surface area (TPSA) is 59.2 Å². The van der Waals surface area contributed by atoms with Gasteiger partial charge >= 0.3 is 0 Å². The standard InChI is InChI=1S/C14H18N2O2S/c1-9(2)7-19-8-13-15-14(18-16-13)11-6-10(3)4-5-12(11)17/h4-6,9,17H,7-8H2,1-3H3. The normalized spacial score (nSPS) is 11.2. The van der Waals surface area contributed by atoms with E-state index in [1.165, 1.54) is 0 Å². The number of aryl methyl sites for hydroxylation is 1. The van der Waals surface area contributed by atoms with Gasteiger partial charge in [0.05, 0.1) is 11.3 Å². The summed E-state index contributed by atoms with van der Waals surface area (Å²) in [6, 6.07) is 5.32. The summed E-state index contributed by atoms with van der Waals surface area (Å²) < 4.78 is 5.21. The summed E-state index contributed by atoms with van der Waals surface area (Å²) in [5, 5.41) is 13.8. The Labute approximate surface area is 117 Å². The van der Waals surface area contributed by atoms with E-state index in [4.69, 9.17) is 4.52 Å². The molecule has 1 N–H and O–H groups in total. The van der Waals surface area contributed by atoms with Gasteiger partial charge in [-0.05, 0) is 30.7 Å². The average Bonchev–Trinajstić information content (AvgIpc) is 2.80. The highest BCUT2D eigenvalue weighted by atomic mass is 32.2. The van der Waals surface area contributed by atoms with Crippen LogP contribution in [0.1, 0.15) is 25.2 Å². The lowest BCUT2D eigenvalue weighted by Gasteiger charge is -2.01. The molecule has 0 saturated heterocycles. The Morgan fingerprint density at radius 2 is 2.16 bits per heavy atom. The number of hydrogen-bond acceptors (Lipinski definition) is 5. The van der Waals surface area contributed by atoms with Gasteiger partial charge in [0, 0.05) is 0 Å². The average molecular weight is 278 g/mol. The lowest BCUT2D eigenvalue weighted by atomic mass is 10.1. The first-order chi connectivity index (χ1) is 9.06. The minimum Gasteiger partial charge on any atom is -0.507 e. The van der Waals surface area contributed by atoms with E-state index in [1.807, 2.05) is 19.1 Å². The minimum absolute atomic E-state index is 0.163. The van der Waals surface area contributed by atoms with Crippen molar-refractivity contribution < 1.29 is 9.63 Å². The molecule has 1 aromatic heterocycles. The van der Waals surface area contributed by atoms with Crippen LogP contribution in [-0.4, -0.2) is 21.0 Å². The zero-order valence-electron chi connectivity index (χ0n) is 11.4. The Morgan fingerprint density at radius 1 is 1.37 bits per heavy atom. The second kappa shape index (κ2) is 6.10. The molecule has 102 valence electrons. The van der Waals surface area contributed by atoms with Crippen LogP contribution in [0, 0.1) is 12.8 Å². The summed E-state index contributed by atoms with van der Waals surface area (Å²) >= 11 is 1.78. The molecule has 2 aromatic rings. The number of thioether (sulfide) groups is 1. The minimum atomic E-state index is 0.163. The van der Waals surface area contributed by atoms with Crippen molar-refractivity contribution in [3.63, 3.8) is 0 Å². The molecule has 0 saturated carbocycles. The van der Waals surface area contributed by atoms with E-state index >= 15 is 0 Å². The van der Waals surface area contributed by atoms with Crippen LogP contribution < -0.4 is 0 Å². The zero-order chi connectivity index (χ0) is 13.8. The maximum Gasteiger partial charge on any atom is 0.261 e. The van der Waals surface area contributed by atoms with Crippen LogP contribution in [0.2, 0.25) is 0 Å².